The van der Waals surface area contributed by atoms with Gasteiger partial charge in [-0.1, -0.05) is 41.9 Å². The third-order valence-electron chi connectivity index (χ3n) is 7.50. The second-order valence-electron chi connectivity index (χ2n) is 11.2. The highest BCUT2D eigenvalue weighted by atomic mass is 35.5. The highest BCUT2D eigenvalue weighted by molar-refractivity contribution is 7.91. The lowest BCUT2D eigenvalue weighted by Gasteiger charge is -2.24. The number of anilines is 2. The van der Waals surface area contributed by atoms with Gasteiger partial charge in [-0.05, 0) is 69.4 Å². The Morgan fingerprint density at radius 2 is 1.95 bits per heavy atom. The van der Waals surface area contributed by atoms with Gasteiger partial charge in [0.1, 0.15) is 23.5 Å². The van der Waals surface area contributed by atoms with Crippen molar-refractivity contribution < 1.29 is 17.2 Å². The van der Waals surface area contributed by atoms with E-state index in [4.69, 9.17) is 22.4 Å². The molecule has 12 heteroatoms. The van der Waals surface area contributed by atoms with Gasteiger partial charge in [0, 0.05) is 41.0 Å². The summed E-state index contributed by atoms with van der Waals surface area (Å²) in [4.78, 5) is 4.48. The zero-order chi connectivity index (χ0) is 30.9. The van der Waals surface area contributed by atoms with Crippen LogP contribution in [-0.2, 0) is 15.8 Å². The molecule has 4 aromatic rings. The van der Waals surface area contributed by atoms with Crippen LogP contribution in [0.25, 0.3) is 27.7 Å². The smallest absolute Gasteiger partial charge is 0.237 e. The Hall–Kier alpha value is -3.54. The van der Waals surface area contributed by atoms with E-state index in [1.165, 1.54) is 12.1 Å². The van der Waals surface area contributed by atoms with Crippen LogP contribution in [0.3, 0.4) is 0 Å². The Morgan fingerprint density at radius 3 is 2.60 bits per heavy atom. The number of hydrogen-bond donors (Lipinski definition) is 3. The van der Waals surface area contributed by atoms with Crippen molar-refractivity contribution in [2.45, 2.75) is 64.0 Å². The molecule has 0 amide bonds. The molecule has 0 saturated carbocycles. The van der Waals surface area contributed by atoms with Gasteiger partial charge in [0.15, 0.2) is 0 Å². The Bertz CT molecular complexity index is 1790. The van der Waals surface area contributed by atoms with Crippen LogP contribution in [0.4, 0.5) is 20.3 Å². The van der Waals surface area contributed by atoms with E-state index >= 15 is 4.39 Å². The summed E-state index contributed by atoms with van der Waals surface area (Å²) in [5.41, 5.74) is 10.3. The van der Waals surface area contributed by atoms with Gasteiger partial charge in [0.25, 0.3) is 0 Å². The third-order valence-corrected chi connectivity index (χ3v) is 9.09. The molecule has 1 aliphatic carbocycles. The molecule has 43 heavy (non-hydrogen) atoms. The highest BCUT2D eigenvalue weighted by Crippen LogP contribution is 2.39. The molecular weight excluding hydrogens is 594 g/mol. The number of benzene rings is 2. The van der Waals surface area contributed by atoms with Crippen molar-refractivity contribution >= 4 is 49.6 Å². The molecule has 0 spiro atoms. The van der Waals surface area contributed by atoms with E-state index in [-0.39, 0.29) is 23.6 Å². The van der Waals surface area contributed by atoms with Crippen LogP contribution in [0, 0.1) is 5.82 Å². The molecule has 0 bridgehead atoms. The van der Waals surface area contributed by atoms with Crippen molar-refractivity contribution in [2.75, 3.05) is 17.0 Å². The van der Waals surface area contributed by atoms with Crippen LogP contribution in [0.15, 0.2) is 54.7 Å². The van der Waals surface area contributed by atoms with Gasteiger partial charge in [-0.3, -0.25) is 9.40 Å². The Labute approximate surface area is 255 Å². The first-order chi connectivity index (χ1) is 20.4. The number of rotatable bonds is 10. The first kappa shape index (κ1) is 30.9. The number of fused-ring (bicyclic) bond motifs is 1. The number of aromatic nitrogens is 3. The molecule has 5 rings (SSSR count). The number of nitrogens with two attached hydrogens (primary N) is 1. The molecular formula is C31H35ClF2N6O2S. The third kappa shape index (κ3) is 6.84. The molecule has 2 atom stereocenters. The van der Waals surface area contributed by atoms with E-state index in [2.05, 4.69) is 21.1 Å². The summed E-state index contributed by atoms with van der Waals surface area (Å²) in [6.07, 6.45) is 5.38. The second kappa shape index (κ2) is 12.6. The van der Waals surface area contributed by atoms with E-state index in [0.717, 1.165) is 35.9 Å². The van der Waals surface area contributed by atoms with Crippen LogP contribution in [0.1, 0.15) is 57.2 Å². The van der Waals surface area contributed by atoms with Crippen LogP contribution in [0.2, 0.25) is 5.02 Å². The molecule has 228 valence electrons. The van der Waals surface area contributed by atoms with Crippen molar-refractivity contribution in [3.05, 3.63) is 76.7 Å². The van der Waals surface area contributed by atoms with Crippen molar-refractivity contribution in [1.82, 2.24) is 20.1 Å². The van der Waals surface area contributed by atoms with Crippen LogP contribution >= 0.6 is 11.6 Å². The van der Waals surface area contributed by atoms with E-state index in [1.54, 1.807) is 43.5 Å². The number of allylic oxidation sites excluding steroid dienone is 1. The fourth-order valence-electron chi connectivity index (χ4n) is 5.37. The summed E-state index contributed by atoms with van der Waals surface area (Å²) in [6.45, 7) is 5.87. The molecule has 2 aromatic carbocycles. The quantitative estimate of drug-likeness (QED) is 0.176. The van der Waals surface area contributed by atoms with E-state index in [9.17, 15) is 12.8 Å². The number of halogens is 3. The summed E-state index contributed by atoms with van der Waals surface area (Å²) >= 11 is 6.12. The normalized spacial score (nSPS) is 16.4. The van der Waals surface area contributed by atoms with Gasteiger partial charge in [-0.2, -0.15) is 5.10 Å². The number of nitrogens with zero attached hydrogens (tertiary/aromatic N) is 3. The maximum atomic E-state index is 15.4. The van der Waals surface area contributed by atoms with Crippen molar-refractivity contribution in [2.24, 2.45) is 0 Å². The van der Waals surface area contributed by atoms with Crippen LogP contribution in [0.5, 0.6) is 0 Å². The van der Waals surface area contributed by atoms with Gasteiger partial charge in [-0.25, -0.2) is 22.2 Å². The molecule has 8 nitrogen and oxygen atoms in total. The Kier molecular flexibility index (Phi) is 9.05. The lowest BCUT2D eigenvalue weighted by atomic mass is 9.90. The van der Waals surface area contributed by atoms with Gasteiger partial charge in [-0.15, -0.1) is 0 Å². The fraction of sp³-hybridized carbons (Fsp3) is 0.355. The van der Waals surface area contributed by atoms with Crippen molar-refractivity contribution in [3.63, 3.8) is 0 Å². The number of hydrogen-bond acceptors (Lipinski definition) is 6. The minimum absolute atomic E-state index is 0.0396. The highest BCUT2D eigenvalue weighted by Gasteiger charge is 2.25. The fourth-order valence-corrected chi connectivity index (χ4v) is 6.88. The van der Waals surface area contributed by atoms with Crippen LogP contribution < -0.4 is 15.8 Å². The lowest BCUT2D eigenvalue weighted by molar-refractivity contribution is 0.323. The summed E-state index contributed by atoms with van der Waals surface area (Å²) in [5, 5.41) is 9.04. The minimum atomic E-state index is -3.94. The maximum absolute atomic E-state index is 15.4. The summed E-state index contributed by atoms with van der Waals surface area (Å²) in [5.74, 6) is -0.894. The summed E-state index contributed by atoms with van der Waals surface area (Å²) in [6, 6.07) is 11.0. The molecule has 1 aliphatic rings. The zero-order valence-electron chi connectivity index (χ0n) is 24.2. The number of alkyl halides is 1. The van der Waals surface area contributed by atoms with E-state index < -0.39 is 27.8 Å². The van der Waals surface area contributed by atoms with Crippen molar-refractivity contribution in [1.29, 1.82) is 0 Å². The van der Waals surface area contributed by atoms with Gasteiger partial charge >= 0.3 is 0 Å². The van der Waals surface area contributed by atoms with Crippen LogP contribution in [-0.4, -0.2) is 41.9 Å². The predicted octanol–water partition coefficient (Wildman–Crippen LogP) is 6.88. The standard InChI is InChI=1S/C31H35ClF2N6O2S/c1-18(2)40-30-24(20-8-11-23(12-9-20)36-15-19(3)33)16-37-31(35)28(30)29(38-40)21-10-13-27(26(34)14-21)39-43(41,42)17-22-6-4-5-7-25(22)32/h4-8,10,13-14,16,18-19,23,36,39H,9,11-12,15,17H2,1-3H3,(H2,35,37)/t19-,23+/m1/s1. The first-order valence-corrected chi connectivity index (χ1v) is 16.2. The lowest BCUT2D eigenvalue weighted by Crippen LogP contribution is -2.34. The molecule has 0 saturated heterocycles. The monoisotopic (exact) mass is 628 g/mol. The first-order valence-electron chi connectivity index (χ1n) is 14.2. The molecule has 0 unspecified atom stereocenters. The molecule has 2 heterocycles. The molecule has 0 aliphatic heterocycles. The van der Waals surface area contributed by atoms with Gasteiger partial charge in [0.05, 0.1) is 22.3 Å². The Balaban J connectivity index is 1.48. The second-order valence-corrected chi connectivity index (χ2v) is 13.3. The average molecular weight is 629 g/mol. The minimum Gasteiger partial charge on any atom is -0.383 e. The summed E-state index contributed by atoms with van der Waals surface area (Å²) in [7, 11) is -3.94. The number of nitrogen functional groups attached to an aromatic ring is 1. The molecule has 0 fully saturated rings. The summed E-state index contributed by atoms with van der Waals surface area (Å²) < 4.78 is 58.5. The molecule has 4 N–H and O–H groups in total. The number of pyridine rings is 1. The Morgan fingerprint density at radius 1 is 1.19 bits per heavy atom. The van der Waals surface area contributed by atoms with Gasteiger partial charge in [0.2, 0.25) is 10.0 Å². The maximum Gasteiger partial charge on any atom is 0.237 e. The topological polar surface area (TPSA) is 115 Å². The zero-order valence-corrected chi connectivity index (χ0v) is 25.8. The largest absolute Gasteiger partial charge is 0.383 e. The average Bonchev–Trinajstić information content (AvgIpc) is 3.37. The predicted molar refractivity (Wildman–Crippen MR) is 170 cm³/mol. The van der Waals surface area contributed by atoms with Crippen molar-refractivity contribution in [3.8, 4) is 11.3 Å². The number of sulfonamides is 1. The van der Waals surface area contributed by atoms with E-state index in [0.29, 0.717) is 33.8 Å². The van der Waals surface area contributed by atoms with Gasteiger partial charge < -0.3 is 11.1 Å². The molecule has 0 radical (unpaired) electrons. The van der Waals surface area contributed by atoms with E-state index in [1.807, 2.05) is 18.5 Å². The SMILES string of the molecule is CC(C)n1nc(-c2ccc(NS(=O)(=O)Cc3ccccc3Cl)c(F)c2)c2c(N)ncc(C3=CC[C@H](NC[C@@H](C)F)CC3)c21. The molecule has 2 aromatic heterocycles. The number of nitrogens with one attached hydrogen (secondary N) is 2.